The number of nitrogens with one attached hydrogen (secondary N) is 9. The molecule has 12 rings (SSSR count). The highest BCUT2D eigenvalue weighted by atomic mass is 32.2. The van der Waals surface area contributed by atoms with E-state index in [1.807, 2.05) is 6.07 Å². The van der Waals surface area contributed by atoms with Crippen LogP contribution in [-0.4, -0.2) is 309 Å². The molecule has 9 heterocycles. The summed E-state index contributed by atoms with van der Waals surface area (Å²) in [5.74, 6) is -0.849. The van der Waals surface area contributed by atoms with Crippen LogP contribution < -0.4 is 47.9 Å². The Morgan fingerprint density at radius 3 is 0.897 bits per heavy atom. The van der Waals surface area contributed by atoms with E-state index < -0.39 is 74.2 Å². The number of hydrogen-bond acceptors (Lipinski definition) is 28. The second-order valence-corrected chi connectivity index (χ2v) is 38.1. The van der Waals surface area contributed by atoms with E-state index in [1.165, 1.54) is 80.1 Å². The number of urea groups is 3. The molecule has 0 aromatic heterocycles. The number of thioether (sulfide) groups is 1. The number of anilines is 3. The van der Waals surface area contributed by atoms with Crippen LogP contribution >= 0.6 is 11.8 Å². The number of hydrogen-bond donors (Lipinski definition) is 9. The van der Waals surface area contributed by atoms with E-state index in [4.69, 9.17) is 28.4 Å². The first kappa shape index (κ1) is 98.5. The summed E-state index contributed by atoms with van der Waals surface area (Å²) in [5, 5.41) is 26.7. The molecule has 690 valence electrons. The third-order valence-corrected chi connectivity index (χ3v) is 28.6. The van der Waals surface area contributed by atoms with E-state index in [9.17, 15) is 55.8 Å². The largest absolute Gasteiger partial charge is 0.466 e. The smallest absolute Gasteiger partial charge is 0.336 e. The minimum atomic E-state index is -2.86. The van der Waals surface area contributed by atoms with Crippen LogP contribution in [0.15, 0.2) is 140 Å². The number of benzene rings is 3. The number of ether oxygens (including phenoxy) is 6. The summed E-state index contributed by atoms with van der Waals surface area (Å²) in [5.41, 5.74) is 8.90. The first-order chi connectivity index (χ1) is 60.5. The summed E-state index contributed by atoms with van der Waals surface area (Å²) in [7, 11) is 4.29. The second kappa shape index (κ2) is 47.9. The number of carbonyl (C=O) groups excluding carboxylic acids is 9. The Bertz CT molecular complexity index is 4590. The van der Waals surface area contributed by atoms with Crippen molar-refractivity contribution in [1.82, 2.24) is 61.3 Å². The van der Waals surface area contributed by atoms with Crippen molar-refractivity contribution >= 4 is 103 Å². The predicted molar refractivity (Wildman–Crippen MR) is 487 cm³/mol. The summed E-state index contributed by atoms with van der Waals surface area (Å²) >= 11 is 2.06. The van der Waals surface area contributed by atoms with Gasteiger partial charge in [0, 0.05) is 162 Å². The maximum Gasteiger partial charge on any atom is 0.336 e. The van der Waals surface area contributed by atoms with Gasteiger partial charge in [-0.25, -0.2) is 51.6 Å². The number of dihydropyridines is 3. The van der Waals surface area contributed by atoms with Crippen molar-refractivity contribution in [3.63, 3.8) is 0 Å². The molecular weight excluding hydrogens is 1680 g/mol. The molecule has 3 aromatic rings. The Labute approximate surface area is 747 Å². The van der Waals surface area contributed by atoms with Gasteiger partial charge in [-0.05, 0) is 211 Å². The molecule has 0 unspecified atom stereocenters. The fourth-order valence-corrected chi connectivity index (χ4v) is 21.5. The molecule has 126 heavy (non-hydrogen) atoms. The predicted octanol–water partition coefficient (Wildman–Crippen LogP) is 7.57. The number of piperidine rings is 3. The highest BCUT2D eigenvalue weighted by molar-refractivity contribution is 7.99. The molecule has 6 fully saturated rings. The van der Waals surface area contributed by atoms with E-state index >= 15 is 0 Å². The number of likely N-dealkylation sites (tertiary alicyclic amines) is 3. The van der Waals surface area contributed by atoms with Gasteiger partial charge in [-0.2, -0.15) is 11.8 Å². The van der Waals surface area contributed by atoms with E-state index in [2.05, 4.69) is 89.0 Å². The lowest BCUT2D eigenvalue weighted by atomic mass is 9.80. The maximum atomic E-state index is 12.8. The van der Waals surface area contributed by atoms with Crippen LogP contribution in [0.4, 0.5) is 31.4 Å². The molecule has 33 nitrogen and oxygen atoms in total. The van der Waals surface area contributed by atoms with Gasteiger partial charge in [0.15, 0.2) is 9.84 Å². The Morgan fingerprint density at radius 1 is 0.381 bits per heavy atom. The minimum Gasteiger partial charge on any atom is -0.466 e. The van der Waals surface area contributed by atoms with Gasteiger partial charge in [0.25, 0.3) is 0 Å². The summed E-state index contributed by atoms with van der Waals surface area (Å²) < 4.78 is 65.3. The summed E-state index contributed by atoms with van der Waals surface area (Å²) in [6, 6.07) is 22.1. The van der Waals surface area contributed by atoms with Crippen LogP contribution in [0.25, 0.3) is 0 Å². The molecule has 6 amide bonds. The highest BCUT2D eigenvalue weighted by Gasteiger charge is 2.42. The first-order valence-electron chi connectivity index (χ1n) is 43.6. The Hall–Kier alpha value is -9.66. The Kier molecular flexibility index (Phi) is 37.5. The second-order valence-electron chi connectivity index (χ2n) is 32.9. The standard InChI is InChI=1S/C30H43N5O7S.C30H43N5O6S.C30H43N5O5S/c1-20-25(28(36)41-3)27(26(21(2)32-20)29(37)42-4)22-7-5-8-23(19-22)33-30(38)31-11-6-12-34-13-9-24(10-14-34)35-15-17-43(39,40)18-16-35;1-20-25(28(36)40-3)27(26(21(2)32-20)29(37)41-4)22-7-5-8-23(19-22)33-30(38)31-11-6-12-34-13-9-24(10-14-34)35-15-17-42(39)18-16-35;1-20-25(28(36)39-3)27(26(21(2)32-20)29(37)40-4)22-7-5-8-23(19-22)33-30(38)31-11-6-12-34-13-9-24(10-14-34)35-15-17-41-18-16-35/h5,7-8,19,24,27,32H,6,9-18H2,1-4H3,(H2,31,33,38);5,7-8,19,24,27,32H,6,9-18H2,1-4H3,(H2,31,33,38);5,7-8,19,24,27,32H,6,9-18H2,1-4H3,(H2,31,33,38). The lowest BCUT2D eigenvalue weighted by molar-refractivity contribution is -0.139. The molecule has 6 saturated heterocycles. The summed E-state index contributed by atoms with van der Waals surface area (Å²) in [6.45, 7) is 26.8. The number of allylic oxidation sites excluding steroid dienone is 6. The van der Waals surface area contributed by atoms with Crippen molar-refractivity contribution in [1.29, 1.82) is 0 Å². The summed E-state index contributed by atoms with van der Waals surface area (Å²) in [4.78, 5) is 129. The van der Waals surface area contributed by atoms with Crippen LogP contribution in [0.1, 0.15) is 134 Å². The van der Waals surface area contributed by atoms with E-state index in [1.54, 1.807) is 108 Å². The maximum absolute atomic E-state index is 12.8. The Balaban J connectivity index is 0.000000197. The SMILES string of the molecule is COC(=O)C1=C(C)NC(C)=C(C(=O)OC)C1c1cccc(NC(=O)NCCCN2CCC(N3CCS(=O)(=O)CC3)CC2)c1.COC(=O)C1=C(C)NC(C)=C(C(=O)OC)C1c1cccc(NC(=O)NCCCN2CCC(N3CCS(=O)CC3)CC2)c1.COC(=O)C1=C(C)NC(C)=C(C(=O)OC)C1c1cccc(NC(=O)NCCCN2CCC(N3CCSCC3)CC2)c1. The highest BCUT2D eigenvalue weighted by Crippen LogP contribution is 2.44. The quantitative estimate of drug-likeness (QED) is 0.0202. The third kappa shape index (κ3) is 27.0. The molecule has 0 spiro atoms. The van der Waals surface area contributed by atoms with Gasteiger partial charge < -0.3 is 91.0 Å². The topological polar surface area (TPSA) is 388 Å². The average molecular weight is 1810 g/mol. The van der Waals surface area contributed by atoms with Crippen molar-refractivity contribution in [3.05, 3.63) is 157 Å². The minimum absolute atomic E-state index is 0.264. The first-order valence-corrected chi connectivity index (χ1v) is 48.0. The normalized spacial score (nSPS) is 19.9. The molecule has 9 N–H and O–H groups in total. The molecular formula is C90H129N15O18S3. The monoisotopic (exact) mass is 1800 g/mol. The van der Waals surface area contributed by atoms with Crippen LogP contribution in [-0.2, 0) is 77.8 Å². The average Bonchev–Trinajstić information content (AvgIpc) is 0.772. The van der Waals surface area contributed by atoms with Gasteiger partial charge in [-0.15, -0.1) is 0 Å². The number of nitrogens with zero attached hydrogens (tertiary/aromatic N) is 6. The number of amides is 6. The van der Waals surface area contributed by atoms with Gasteiger partial charge in [-0.3, -0.25) is 18.9 Å². The van der Waals surface area contributed by atoms with Crippen molar-refractivity contribution in [2.24, 2.45) is 0 Å². The lowest BCUT2D eigenvalue weighted by Crippen LogP contribution is -2.50. The van der Waals surface area contributed by atoms with Crippen LogP contribution in [0.2, 0.25) is 0 Å². The number of sulfone groups is 1. The van der Waals surface area contributed by atoms with E-state index in [0.717, 1.165) is 134 Å². The summed E-state index contributed by atoms with van der Waals surface area (Å²) in [6.07, 6.45) is 9.30. The number of methoxy groups -OCH3 is 6. The van der Waals surface area contributed by atoms with E-state index in [-0.39, 0.29) is 29.6 Å². The fourth-order valence-electron chi connectivity index (χ4n) is 18.3. The van der Waals surface area contributed by atoms with Crippen LogP contribution in [0.5, 0.6) is 0 Å². The molecule has 3 aromatic carbocycles. The fraction of sp³-hybridized carbons (Fsp3) is 0.567. The lowest BCUT2D eigenvalue weighted by Gasteiger charge is -2.40. The molecule has 9 aliphatic rings. The molecule has 36 heteroatoms. The van der Waals surface area contributed by atoms with Crippen molar-refractivity contribution in [2.75, 3.05) is 211 Å². The third-order valence-electron chi connectivity index (χ3n) is 24.8. The zero-order chi connectivity index (χ0) is 90.7. The van der Waals surface area contributed by atoms with Gasteiger partial charge >= 0.3 is 53.9 Å². The molecule has 0 radical (unpaired) electrons. The molecule has 0 aliphatic carbocycles. The van der Waals surface area contributed by atoms with Gasteiger partial charge in [0.05, 0.1) is 105 Å². The number of esters is 6. The van der Waals surface area contributed by atoms with Gasteiger partial charge in [0.2, 0.25) is 0 Å². The van der Waals surface area contributed by atoms with Gasteiger partial charge in [-0.1, -0.05) is 36.4 Å². The van der Waals surface area contributed by atoms with Gasteiger partial charge in [0.1, 0.15) is 0 Å². The van der Waals surface area contributed by atoms with E-state index in [0.29, 0.717) is 146 Å². The number of rotatable bonds is 27. The molecule has 0 bridgehead atoms. The van der Waals surface area contributed by atoms with Crippen molar-refractivity contribution in [3.8, 4) is 0 Å². The molecule has 0 saturated carbocycles. The van der Waals surface area contributed by atoms with Crippen LogP contribution in [0, 0.1) is 0 Å². The molecule has 9 aliphatic heterocycles. The zero-order valence-electron chi connectivity index (χ0n) is 75.0. The van der Waals surface area contributed by atoms with Crippen molar-refractivity contribution < 1.29 is 84.2 Å². The molecule has 0 atom stereocenters. The Morgan fingerprint density at radius 2 is 0.635 bits per heavy atom. The zero-order valence-corrected chi connectivity index (χ0v) is 77.4. The van der Waals surface area contributed by atoms with Crippen LogP contribution in [0.3, 0.4) is 0 Å². The number of carbonyl (C=O) groups is 9. The van der Waals surface area contributed by atoms with Crippen molar-refractivity contribution in [2.45, 2.75) is 135 Å².